The van der Waals surface area contributed by atoms with Gasteiger partial charge in [-0.15, -0.1) is 0 Å². The fourth-order valence-electron chi connectivity index (χ4n) is 5.36. The zero-order valence-corrected chi connectivity index (χ0v) is 12.5. The molecular formula is C18H22N2O. The summed E-state index contributed by atoms with van der Waals surface area (Å²) in [6.07, 6.45) is 6.96. The van der Waals surface area contributed by atoms with E-state index < -0.39 is 0 Å². The summed E-state index contributed by atoms with van der Waals surface area (Å²) in [5.74, 6) is 4.45. The molecule has 3 nitrogen and oxygen atoms in total. The molecule has 1 aromatic carbocycles. The van der Waals surface area contributed by atoms with Gasteiger partial charge < -0.3 is 10.1 Å². The largest absolute Gasteiger partial charge is 0.495 e. The molecule has 0 aromatic heterocycles. The molecular weight excluding hydrogens is 260 g/mol. The van der Waals surface area contributed by atoms with Gasteiger partial charge in [0, 0.05) is 6.04 Å². The molecule has 3 aliphatic carbocycles. The average molecular weight is 282 g/mol. The summed E-state index contributed by atoms with van der Waals surface area (Å²) in [7, 11) is 1.68. The number of hydrogen-bond donors (Lipinski definition) is 1. The third-order valence-corrected chi connectivity index (χ3v) is 6.13. The molecule has 1 N–H and O–H groups in total. The first-order valence-electron chi connectivity index (χ1n) is 8.15. The van der Waals surface area contributed by atoms with Gasteiger partial charge in [-0.1, -0.05) is 12.5 Å². The molecule has 3 fully saturated rings. The Balaban J connectivity index is 1.59. The van der Waals surface area contributed by atoms with Gasteiger partial charge in [0.05, 0.1) is 18.4 Å². The summed E-state index contributed by atoms with van der Waals surface area (Å²) in [5.41, 5.74) is 1.59. The summed E-state index contributed by atoms with van der Waals surface area (Å²) < 4.78 is 5.45. The van der Waals surface area contributed by atoms with E-state index in [9.17, 15) is 5.26 Å². The highest BCUT2D eigenvalue weighted by Crippen LogP contribution is 2.59. The van der Waals surface area contributed by atoms with E-state index in [4.69, 9.17) is 4.74 Å². The second kappa shape index (κ2) is 4.94. The Hall–Kier alpha value is -1.69. The highest BCUT2D eigenvalue weighted by Gasteiger charge is 2.53. The number of hydrogen-bond acceptors (Lipinski definition) is 3. The maximum absolute atomic E-state index is 9.35. The molecule has 3 saturated carbocycles. The third-order valence-electron chi connectivity index (χ3n) is 6.13. The normalized spacial score (nSPS) is 36.3. The van der Waals surface area contributed by atoms with Crippen molar-refractivity contribution in [3.63, 3.8) is 0 Å². The summed E-state index contributed by atoms with van der Waals surface area (Å²) in [4.78, 5) is 0. The average Bonchev–Trinajstić information content (AvgIpc) is 3.19. The summed E-state index contributed by atoms with van der Waals surface area (Å²) in [6, 6.07) is 8.51. The highest BCUT2D eigenvalue weighted by atomic mass is 16.5. The first kappa shape index (κ1) is 13.0. The predicted octanol–water partition coefficient (Wildman–Crippen LogP) is 3.80. The molecule has 5 atom stereocenters. The molecule has 3 aliphatic rings. The Bertz CT molecular complexity index is 591. The lowest BCUT2D eigenvalue weighted by Gasteiger charge is -2.33. The summed E-state index contributed by atoms with van der Waals surface area (Å²) >= 11 is 0. The minimum Gasteiger partial charge on any atom is -0.495 e. The van der Waals surface area contributed by atoms with Crippen molar-refractivity contribution in [2.24, 2.45) is 23.7 Å². The number of para-hydroxylation sites is 1. The molecule has 110 valence electrons. The molecule has 0 radical (unpaired) electrons. The van der Waals surface area contributed by atoms with Crippen LogP contribution in [0.1, 0.15) is 37.7 Å². The van der Waals surface area contributed by atoms with Gasteiger partial charge in [0.1, 0.15) is 11.8 Å². The lowest BCUT2D eigenvalue weighted by molar-refractivity contribution is 0.243. The second-order valence-corrected chi connectivity index (χ2v) is 6.90. The molecule has 0 heterocycles. The molecule has 1 aromatic rings. The van der Waals surface area contributed by atoms with Crippen molar-refractivity contribution >= 4 is 5.69 Å². The van der Waals surface area contributed by atoms with Crippen molar-refractivity contribution in [1.29, 1.82) is 5.26 Å². The van der Waals surface area contributed by atoms with Crippen LogP contribution >= 0.6 is 0 Å². The summed E-state index contributed by atoms with van der Waals surface area (Å²) in [5, 5.41) is 13.0. The van der Waals surface area contributed by atoms with Crippen LogP contribution in [0.2, 0.25) is 0 Å². The smallest absolute Gasteiger partial charge is 0.143 e. The second-order valence-electron chi connectivity index (χ2n) is 6.90. The van der Waals surface area contributed by atoms with E-state index in [2.05, 4.69) is 11.4 Å². The van der Waals surface area contributed by atoms with Gasteiger partial charge in [-0.05, 0) is 61.5 Å². The number of anilines is 1. The lowest BCUT2D eigenvalue weighted by Crippen LogP contribution is -2.34. The monoisotopic (exact) mass is 282 g/mol. The quantitative estimate of drug-likeness (QED) is 0.917. The number of nitriles is 1. The van der Waals surface area contributed by atoms with Crippen LogP contribution in [0, 0.1) is 35.0 Å². The number of fused-ring (bicyclic) bond motifs is 5. The van der Waals surface area contributed by atoms with Crippen molar-refractivity contribution < 1.29 is 4.74 Å². The zero-order valence-electron chi connectivity index (χ0n) is 12.5. The first-order chi connectivity index (χ1) is 10.3. The minimum atomic E-state index is 0.526. The number of rotatable bonds is 3. The van der Waals surface area contributed by atoms with Gasteiger partial charge in [-0.25, -0.2) is 0 Å². The molecule has 0 aliphatic heterocycles. The van der Waals surface area contributed by atoms with E-state index in [1.54, 1.807) is 7.11 Å². The highest BCUT2D eigenvalue weighted by molar-refractivity contribution is 5.67. The molecule has 4 rings (SSSR count). The molecule has 21 heavy (non-hydrogen) atoms. The molecule has 5 unspecified atom stereocenters. The van der Waals surface area contributed by atoms with Gasteiger partial charge in [-0.3, -0.25) is 0 Å². The van der Waals surface area contributed by atoms with Crippen LogP contribution < -0.4 is 10.1 Å². The molecule has 0 spiro atoms. The van der Waals surface area contributed by atoms with Gasteiger partial charge in [0.15, 0.2) is 0 Å². The number of nitrogens with zero attached hydrogens (tertiary/aromatic N) is 1. The number of benzene rings is 1. The standard InChI is InChI=1S/C18H22N2O/c1-21-17-7-2-4-11(10-19)18(17)20-16-9-12-8-15(16)14-6-3-5-13(12)14/h2,4,7,12-16,20H,3,5-6,8-9H2,1H3. The van der Waals surface area contributed by atoms with Crippen LogP contribution in [0.25, 0.3) is 0 Å². The van der Waals surface area contributed by atoms with Crippen molar-refractivity contribution in [1.82, 2.24) is 0 Å². The Morgan fingerprint density at radius 1 is 1.19 bits per heavy atom. The van der Waals surface area contributed by atoms with Crippen LogP contribution in [0.4, 0.5) is 5.69 Å². The van der Waals surface area contributed by atoms with Crippen molar-refractivity contribution in [3.05, 3.63) is 23.8 Å². The number of methoxy groups -OCH3 is 1. The van der Waals surface area contributed by atoms with E-state index in [1.807, 2.05) is 18.2 Å². The fourth-order valence-corrected chi connectivity index (χ4v) is 5.36. The van der Waals surface area contributed by atoms with Crippen molar-refractivity contribution in [2.75, 3.05) is 12.4 Å². The van der Waals surface area contributed by atoms with Crippen LogP contribution in [-0.2, 0) is 0 Å². The minimum absolute atomic E-state index is 0.526. The van der Waals surface area contributed by atoms with Crippen LogP contribution in [-0.4, -0.2) is 13.2 Å². The van der Waals surface area contributed by atoms with E-state index in [-0.39, 0.29) is 0 Å². The molecule has 3 heteroatoms. The third kappa shape index (κ3) is 1.92. The fraction of sp³-hybridized carbons (Fsp3) is 0.611. The number of ether oxygens (including phenoxy) is 1. The molecule has 0 amide bonds. The Morgan fingerprint density at radius 3 is 2.86 bits per heavy atom. The SMILES string of the molecule is COc1cccc(C#N)c1NC1CC2CC1C1CCCC21. The molecule has 0 saturated heterocycles. The maximum Gasteiger partial charge on any atom is 0.143 e. The van der Waals surface area contributed by atoms with E-state index >= 15 is 0 Å². The number of nitrogens with one attached hydrogen (secondary N) is 1. The van der Waals surface area contributed by atoms with Crippen molar-refractivity contribution in [2.45, 2.75) is 38.1 Å². The van der Waals surface area contributed by atoms with Gasteiger partial charge in [0.25, 0.3) is 0 Å². The van der Waals surface area contributed by atoms with Crippen LogP contribution in [0.5, 0.6) is 5.75 Å². The molecule has 2 bridgehead atoms. The first-order valence-corrected chi connectivity index (χ1v) is 8.15. The Morgan fingerprint density at radius 2 is 2.05 bits per heavy atom. The van der Waals surface area contributed by atoms with Gasteiger partial charge in [0.2, 0.25) is 0 Å². The lowest BCUT2D eigenvalue weighted by atomic mass is 9.79. The predicted molar refractivity (Wildman–Crippen MR) is 82.2 cm³/mol. The van der Waals surface area contributed by atoms with Crippen molar-refractivity contribution in [3.8, 4) is 11.8 Å². The Labute approximate surface area is 126 Å². The maximum atomic E-state index is 9.35. The summed E-state index contributed by atoms with van der Waals surface area (Å²) in [6.45, 7) is 0. The Kier molecular flexibility index (Phi) is 3.06. The van der Waals surface area contributed by atoms with Crippen LogP contribution in [0.3, 0.4) is 0 Å². The zero-order chi connectivity index (χ0) is 14.4. The van der Waals surface area contributed by atoms with Gasteiger partial charge in [-0.2, -0.15) is 5.26 Å². The van der Waals surface area contributed by atoms with E-state index in [0.717, 1.165) is 35.1 Å². The topological polar surface area (TPSA) is 45.0 Å². The van der Waals surface area contributed by atoms with E-state index in [1.165, 1.54) is 32.1 Å². The van der Waals surface area contributed by atoms with Crippen LogP contribution in [0.15, 0.2) is 18.2 Å². The van der Waals surface area contributed by atoms with Gasteiger partial charge >= 0.3 is 0 Å². The van der Waals surface area contributed by atoms with E-state index in [0.29, 0.717) is 11.6 Å².